The summed E-state index contributed by atoms with van der Waals surface area (Å²) in [6.07, 6.45) is 4.31. The molecule has 1 saturated heterocycles. The molecule has 1 N–H and O–H groups in total. The molecule has 9 heteroatoms. The molecule has 0 saturated carbocycles. The van der Waals surface area contributed by atoms with Crippen molar-refractivity contribution in [3.05, 3.63) is 11.7 Å². The number of nitrogens with zero attached hydrogens (tertiary/aromatic N) is 4. The predicted octanol–water partition coefficient (Wildman–Crippen LogP) is 0.214. The fourth-order valence-corrected chi connectivity index (χ4v) is 3.42. The van der Waals surface area contributed by atoms with Gasteiger partial charge in [-0.15, -0.1) is 0 Å². The molecule has 2 heterocycles. The molecule has 0 radical (unpaired) electrons. The monoisotopic (exact) mass is 345 g/mol. The Morgan fingerprint density at radius 3 is 2.91 bits per heavy atom. The molecule has 1 aromatic rings. The highest BCUT2D eigenvalue weighted by molar-refractivity contribution is 7.88. The molecule has 0 aromatic carbocycles. The van der Waals surface area contributed by atoms with Crippen molar-refractivity contribution in [3.63, 3.8) is 0 Å². The van der Waals surface area contributed by atoms with E-state index in [9.17, 15) is 8.42 Å². The summed E-state index contributed by atoms with van der Waals surface area (Å²) in [5, 5.41) is 3.96. The van der Waals surface area contributed by atoms with Gasteiger partial charge in [0.25, 0.3) is 0 Å². The summed E-state index contributed by atoms with van der Waals surface area (Å²) in [7, 11) is -0.984. The van der Waals surface area contributed by atoms with Gasteiger partial charge in [0.1, 0.15) is 0 Å². The minimum Gasteiger partial charge on any atom is -0.340 e. The van der Waals surface area contributed by atoms with Gasteiger partial charge in [0, 0.05) is 26.1 Å². The standard InChI is InChI=1S/C14H27N5O3S/c1-12-16-14(17-22-12)11-19-9-4-6-13(10-19)18(2)8-5-7-15-23(3,20)21/h13,15H,4-11H2,1-3H3/t13-/m0/s1. The average Bonchev–Trinajstić information content (AvgIpc) is 2.88. The highest BCUT2D eigenvalue weighted by Crippen LogP contribution is 2.16. The van der Waals surface area contributed by atoms with Crippen LogP contribution in [0, 0.1) is 6.92 Å². The van der Waals surface area contributed by atoms with Crippen LogP contribution in [0.1, 0.15) is 31.0 Å². The lowest BCUT2D eigenvalue weighted by molar-refractivity contribution is 0.108. The van der Waals surface area contributed by atoms with Crippen LogP contribution in [0.4, 0.5) is 0 Å². The molecule has 0 spiro atoms. The molecule has 1 aliphatic heterocycles. The van der Waals surface area contributed by atoms with E-state index >= 15 is 0 Å². The molecular weight excluding hydrogens is 318 g/mol. The van der Waals surface area contributed by atoms with Crippen LogP contribution in [0.15, 0.2) is 4.52 Å². The Morgan fingerprint density at radius 1 is 1.48 bits per heavy atom. The Hall–Kier alpha value is -1.03. The van der Waals surface area contributed by atoms with Crippen LogP contribution < -0.4 is 4.72 Å². The number of hydrogen-bond acceptors (Lipinski definition) is 7. The molecular formula is C14H27N5O3S. The van der Waals surface area contributed by atoms with Crippen molar-refractivity contribution in [2.24, 2.45) is 0 Å². The number of aromatic nitrogens is 2. The van der Waals surface area contributed by atoms with Gasteiger partial charge in [-0.25, -0.2) is 13.1 Å². The van der Waals surface area contributed by atoms with E-state index in [2.05, 4.69) is 31.7 Å². The van der Waals surface area contributed by atoms with Crippen LogP contribution >= 0.6 is 0 Å². The van der Waals surface area contributed by atoms with E-state index in [1.807, 2.05) is 0 Å². The first-order chi connectivity index (χ1) is 10.8. The van der Waals surface area contributed by atoms with Crippen molar-refractivity contribution in [3.8, 4) is 0 Å². The minimum atomic E-state index is -3.09. The first kappa shape index (κ1) is 18.3. The first-order valence-electron chi connectivity index (χ1n) is 8.00. The molecule has 23 heavy (non-hydrogen) atoms. The summed E-state index contributed by atoms with van der Waals surface area (Å²) in [5.74, 6) is 1.34. The van der Waals surface area contributed by atoms with E-state index in [1.54, 1.807) is 6.92 Å². The molecule has 1 fully saturated rings. The van der Waals surface area contributed by atoms with Crippen LogP contribution in [0.25, 0.3) is 0 Å². The predicted molar refractivity (Wildman–Crippen MR) is 87.4 cm³/mol. The van der Waals surface area contributed by atoms with Crippen LogP contribution in [0.3, 0.4) is 0 Å². The van der Waals surface area contributed by atoms with Crippen molar-refractivity contribution in [1.82, 2.24) is 24.7 Å². The van der Waals surface area contributed by atoms with Crippen LogP contribution in [0.5, 0.6) is 0 Å². The van der Waals surface area contributed by atoms with E-state index in [0.717, 1.165) is 51.3 Å². The van der Waals surface area contributed by atoms with Gasteiger partial charge in [0.05, 0.1) is 12.8 Å². The second-order valence-electron chi connectivity index (χ2n) is 6.26. The molecule has 0 aliphatic carbocycles. The van der Waals surface area contributed by atoms with E-state index in [4.69, 9.17) is 4.52 Å². The van der Waals surface area contributed by atoms with Crippen LogP contribution in [-0.4, -0.2) is 73.9 Å². The highest BCUT2D eigenvalue weighted by atomic mass is 32.2. The number of likely N-dealkylation sites (tertiary alicyclic amines) is 1. The SMILES string of the molecule is Cc1nc(CN2CCC[C@H](N(C)CCCNS(C)(=O)=O)C2)no1. The Balaban J connectivity index is 1.74. The van der Waals surface area contributed by atoms with E-state index in [1.165, 1.54) is 6.26 Å². The molecule has 0 bridgehead atoms. The minimum absolute atomic E-state index is 0.481. The second kappa shape index (κ2) is 8.18. The van der Waals surface area contributed by atoms with Gasteiger partial charge < -0.3 is 9.42 Å². The molecule has 2 rings (SSSR count). The quantitative estimate of drug-likeness (QED) is 0.674. The maximum absolute atomic E-state index is 11.0. The fourth-order valence-electron chi connectivity index (χ4n) is 2.91. The topological polar surface area (TPSA) is 91.6 Å². The van der Waals surface area contributed by atoms with Crippen molar-refractivity contribution >= 4 is 10.0 Å². The zero-order valence-corrected chi connectivity index (χ0v) is 15.0. The fraction of sp³-hybridized carbons (Fsp3) is 0.857. The lowest BCUT2D eigenvalue weighted by atomic mass is 10.0. The van der Waals surface area contributed by atoms with Crippen LogP contribution in [0.2, 0.25) is 0 Å². The van der Waals surface area contributed by atoms with E-state index < -0.39 is 10.0 Å². The van der Waals surface area contributed by atoms with Crippen molar-refractivity contribution in [2.45, 2.75) is 38.8 Å². The third-order valence-electron chi connectivity index (χ3n) is 4.09. The largest absolute Gasteiger partial charge is 0.340 e. The molecule has 8 nitrogen and oxygen atoms in total. The lowest BCUT2D eigenvalue weighted by Crippen LogP contribution is -2.46. The van der Waals surface area contributed by atoms with Gasteiger partial charge in [-0.2, -0.15) is 4.98 Å². The number of rotatable bonds is 8. The van der Waals surface area contributed by atoms with E-state index in [0.29, 0.717) is 18.5 Å². The van der Waals surface area contributed by atoms with Gasteiger partial charge in [-0.05, 0) is 39.4 Å². The first-order valence-corrected chi connectivity index (χ1v) is 9.89. The maximum atomic E-state index is 11.0. The molecule has 0 amide bonds. The van der Waals surface area contributed by atoms with E-state index in [-0.39, 0.29) is 0 Å². The summed E-state index contributed by atoms with van der Waals surface area (Å²) in [6, 6.07) is 0.481. The zero-order chi connectivity index (χ0) is 16.9. The molecule has 0 unspecified atom stereocenters. The Bertz CT molecular complexity index is 589. The van der Waals surface area contributed by atoms with Gasteiger partial charge in [0.2, 0.25) is 15.9 Å². The summed E-state index contributed by atoms with van der Waals surface area (Å²) < 4.78 is 29.6. The maximum Gasteiger partial charge on any atom is 0.223 e. The second-order valence-corrected chi connectivity index (χ2v) is 8.09. The molecule has 132 valence electrons. The summed E-state index contributed by atoms with van der Waals surface area (Å²) in [6.45, 7) is 5.91. The van der Waals surface area contributed by atoms with Crippen molar-refractivity contribution in [1.29, 1.82) is 0 Å². The number of likely N-dealkylation sites (N-methyl/N-ethyl adjacent to an activating group) is 1. The molecule has 1 atom stereocenters. The summed E-state index contributed by atoms with van der Waals surface area (Å²) in [5.41, 5.74) is 0. The molecule has 1 aliphatic rings. The number of sulfonamides is 1. The normalized spacial score (nSPS) is 20.3. The number of hydrogen-bond donors (Lipinski definition) is 1. The van der Waals surface area contributed by atoms with Gasteiger partial charge >= 0.3 is 0 Å². The van der Waals surface area contributed by atoms with Gasteiger partial charge in [0.15, 0.2) is 5.82 Å². The average molecular weight is 345 g/mol. The highest BCUT2D eigenvalue weighted by Gasteiger charge is 2.24. The Labute approximate surface area is 138 Å². The van der Waals surface area contributed by atoms with Crippen molar-refractivity contribution < 1.29 is 12.9 Å². The molecule has 1 aromatic heterocycles. The third kappa shape index (κ3) is 6.54. The lowest BCUT2D eigenvalue weighted by Gasteiger charge is -2.37. The van der Waals surface area contributed by atoms with Crippen LogP contribution in [-0.2, 0) is 16.6 Å². The van der Waals surface area contributed by atoms with Gasteiger partial charge in [-0.3, -0.25) is 4.90 Å². The third-order valence-corrected chi connectivity index (χ3v) is 4.82. The summed E-state index contributed by atoms with van der Waals surface area (Å²) >= 11 is 0. The Morgan fingerprint density at radius 2 is 2.26 bits per heavy atom. The number of piperidine rings is 1. The van der Waals surface area contributed by atoms with Gasteiger partial charge in [-0.1, -0.05) is 5.16 Å². The van der Waals surface area contributed by atoms with Crippen molar-refractivity contribution in [2.75, 3.05) is 39.5 Å². The smallest absolute Gasteiger partial charge is 0.223 e. The Kier molecular flexibility index (Phi) is 6.51. The summed E-state index contributed by atoms with van der Waals surface area (Å²) in [4.78, 5) is 8.93. The zero-order valence-electron chi connectivity index (χ0n) is 14.2. The number of nitrogens with one attached hydrogen (secondary N) is 1. The number of aryl methyl sites for hydroxylation is 1.